The van der Waals surface area contributed by atoms with Gasteiger partial charge in [-0.25, -0.2) is 9.18 Å². The number of aryl methyl sites for hydroxylation is 1. The molecule has 6 rings (SSSR count). The summed E-state index contributed by atoms with van der Waals surface area (Å²) < 4.78 is 20.6. The number of carbonyl (C=O) groups excluding carboxylic acids is 1. The van der Waals surface area contributed by atoms with Gasteiger partial charge in [-0.05, 0) is 35.2 Å². The van der Waals surface area contributed by atoms with E-state index in [9.17, 15) is 14.3 Å². The standard InChI is InChI=1S/C30H33FNO3/c31-27-15-7-9-23(21-27)10-8-18-32-19-16-24(17-20-32)28(22-32)35-29(33)30(34,25-11-3-1-4-12-25)26-13-5-2-6-14-26/h1-7,9,11-15,21,24,28,34H,8,10,16-20,22H2/q+1. The van der Waals surface area contributed by atoms with E-state index in [-0.39, 0.29) is 11.9 Å². The maximum Gasteiger partial charge on any atom is 0.348 e. The number of esters is 1. The van der Waals surface area contributed by atoms with Crippen LogP contribution < -0.4 is 0 Å². The van der Waals surface area contributed by atoms with Gasteiger partial charge in [-0.1, -0.05) is 72.8 Å². The van der Waals surface area contributed by atoms with Crippen LogP contribution in [0, 0.1) is 11.7 Å². The fourth-order valence-corrected chi connectivity index (χ4v) is 5.96. The molecule has 1 atom stereocenters. The molecule has 0 aromatic heterocycles. The monoisotopic (exact) mass is 474 g/mol. The molecule has 3 saturated heterocycles. The highest BCUT2D eigenvalue weighted by atomic mass is 19.1. The third-order valence-corrected chi connectivity index (χ3v) is 7.97. The highest BCUT2D eigenvalue weighted by Gasteiger charge is 2.50. The Balaban J connectivity index is 1.30. The third-order valence-electron chi connectivity index (χ3n) is 7.97. The first kappa shape index (κ1) is 23.7. The van der Waals surface area contributed by atoms with E-state index < -0.39 is 11.6 Å². The van der Waals surface area contributed by atoms with Crippen LogP contribution >= 0.6 is 0 Å². The molecule has 3 heterocycles. The number of quaternary nitrogens is 1. The van der Waals surface area contributed by atoms with E-state index in [1.54, 1.807) is 36.4 Å². The van der Waals surface area contributed by atoms with E-state index in [0.29, 0.717) is 17.0 Å². The van der Waals surface area contributed by atoms with Crippen LogP contribution in [-0.2, 0) is 21.6 Å². The summed E-state index contributed by atoms with van der Waals surface area (Å²) in [5, 5.41) is 11.8. The van der Waals surface area contributed by atoms with Gasteiger partial charge in [-0.3, -0.25) is 0 Å². The van der Waals surface area contributed by atoms with Crippen molar-refractivity contribution in [3.8, 4) is 0 Å². The average Bonchev–Trinajstić information content (AvgIpc) is 2.90. The largest absolute Gasteiger partial charge is 0.453 e. The van der Waals surface area contributed by atoms with Gasteiger partial charge in [0.2, 0.25) is 5.60 Å². The SMILES string of the molecule is O=C(OC1C[N+]2(CCCc3cccc(F)c3)CCC1CC2)C(O)(c1ccccc1)c1ccccc1. The molecular formula is C30H33FNO3+. The van der Waals surface area contributed by atoms with Crippen molar-refractivity contribution < 1.29 is 23.5 Å². The minimum atomic E-state index is -1.85. The van der Waals surface area contributed by atoms with Crippen molar-refractivity contribution in [1.29, 1.82) is 0 Å². The lowest BCUT2D eigenvalue weighted by atomic mass is 9.82. The van der Waals surface area contributed by atoms with E-state index >= 15 is 0 Å². The summed E-state index contributed by atoms with van der Waals surface area (Å²) in [6.07, 6.45) is 3.64. The lowest BCUT2D eigenvalue weighted by molar-refractivity contribution is -0.946. The first-order valence-corrected chi connectivity index (χ1v) is 12.6. The summed E-state index contributed by atoms with van der Waals surface area (Å²) in [7, 11) is 0. The maximum absolute atomic E-state index is 13.6. The minimum absolute atomic E-state index is 0.190. The second-order valence-corrected chi connectivity index (χ2v) is 10.2. The smallest absolute Gasteiger partial charge is 0.348 e. The van der Waals surface area contributed by atoms with Gasteiger partial charge < -0.3 is 14.3 Å². The molecule has 5 heteroatoms. The molecule has 0 aliphatic carbocycles. The fourth-order valence-electron chi connectivity index (χ4n) is 5.96. The van der Waals surface area contributed by atoms with Crippen LogP contribution in [0.25, 0.3) is 0 Å². The van der Waals surface area contributed by atoms with Crippen molar-refractivity contribution in [2.45, 2.75) is 37.4 Å². The Bertz CT molecular complexity index is 1100. The molecule has 35 heavy (non-hydrogen) atoms. The summed E-state index contributed by atoms with van der Waals surface area (Å²) in [6, 6.07) is 24.9. The Labute approximate surface area is 206 Å². The summed E-state index contributed by atoms with van der Waals surface area (Å²) in [5.41, 5.74) is 0.193. The number of nitrogens with zero attached hydrogens (tertiary/aromatic N) is 1. The van der Waals surface area contributed by atoms with Gasteiger partial charge in [0.1, 0.15) is 12.4 Å². The molecule has 0 amide bonds. The Morgan fingerprint density at radius 2 is 1.57 bits per heavy atom. The zero-order valence-electron chi connectivity index (χ0n) is 20.0. The van der Waals surface area contributed by atoms with E-state index in [2.05, 4.69) is 0 Å². The first-order valence-electron chi connectivity index (χ1n) is 12.6. The molecule has 3 aliphatic rings. The van der Waals surface area contributed by atoms with E-state index in [0.717, 1.165) is 61.9 Å². The molecule has 3 aromatic carbocycles. The lowest BCUT2D eigenvalue weighted by Gasteiger charge is -2.52. The average molecular weight is 475 g/mol. The number of benzene rings is 3. The topological polar surface area (TPSA) is 46.5 Å². The number of halogens is 1. The van der Waals surface area contributed by atoms with Crippen molar-refractivity contribution >= 4 is 5.97 Å². The zero-order valence-corrected chi connectivity index (χ0v) is 20.0. The third kappa shape index (κ3) is 4.89. The molecule has 3 aromatic rings. The highest BCUT2D eigenvalue weighted by Crippen LogP contribution is 2.38. The molecule has 4 nitrogen and oxygen atoms in total. The number of aliphatic hydroxyl groups is 1. The zero-order chi connectivity index (χ0) is 24.3. The van der Waals surface area contributed by atoms with Crippen LogP contribution in [0.5, 0.6) is 0 Å². The van der Waals surface area contributed by atoms with Crippen molar-refractivity contribution in [2.24, 2.45) is 5.92 Å². The van der Waals surface area contributed by atoms with E-state index in [4.69, 9.17) is 4.74 Å². The molecule has 0 radical (unpaired) electrons. The number of carbonyl (C=O) groups is 1. The normalized spacial score (nSPS) is 23.7. The highest BCUT2D eigenvalue weighted by molar-refractivity contribution is 5.85. The quantitative estimate of drug-likeness (QED) is 0.375. The summed E-state index contributed by atoms with van der Waals surface area (Å²) >= 11 is 0. The molecule has 3 aliphatic heterocycles. The first-order chi connectivity index (χ1) is 17.0. The molecule has 0 spiro atoms. The molecule has 2 bridgehead atoms. The van der Waals surface area contributed by atoms with Gasteiger partial charge in [0, 0.05) is 25.2 Å². The van der Waals surface area contributed by atoms with Crippen LogP contribution in [0.15, 0.2) is 84.9 Å². The second kappa shape index (κ2) is 9.92. The maximum atomic E-state index is 13.6. The van der Waals surface area contributed by atoms with Crippen LogP contribution in [0.3, 0.4) is 0 Å². The van der Waals surface area contributed by atoms with Gasteiger partial charge >= 0.3 is 5.97 Å². The molecule has 0 saturated carbocycles. The number of hydrogen-bond acceptors (Lipinski definition) is 3. The Hall–Kier alpha value is -3.02. The number of hydrogen-bond donors (Lipinski definition) is 1. The molecular weight excluding hydrogens is 441 g/mol. The Kier molecular flexibility index (Phi) is 6.72. The van der Waals surface area contributed by atoms with Crippen LogP contribution in [0.2, 0.25) is 0 Å². The van der Waals surface area contributed by atoms with E-state index in [1.807, 2.05) is 42.5 Å². The van der Waals surface area contributed by atoms with Gasteiger partial charge in [0.25, 0.3) is 0 Å². The van der Waals surface area contributed by atoms with Crippen molar-refractivity contribution in [3.05, 3.63) is 107 Å². The molecule has 182 valence electrons. The van der Waals surface area contributed by atoms with Gasteiger partial charge in [-0.2, -0.15) is 0 Å². The van der Waals surface area contributed by atoms with Crippen LogP contribution in [0.1, 0.15) is 36.0 Å². The predicted molar refractivity (Wildman–Crippen MR) is 133 cm³/mol. The molecule has 1 unspecified atom stereocenters. The van der Waals surface area contributed by atoms with Gasteiger partial charge in [0.15, 0.2) is 6.10 Å². The number of rotatable bonds is 8. The Morgan fingerprint density at radius 1 is 0.943 bits per heavy atom. The fraction of sp³-hybridized carbons (Fsp3) is 0.367. The van der Waals surface area contributed by atoms with Gasteiger partial charge in [0.05, 0.1) is 19.6 Å². The summed E-state index contributed by atoms with van der Waals surface area (Å²) in [5.74, 6) is -0.464. The van der Waals surface area contributed by atoms with Crippen molar-refractivity contribution in [2.75, 3.05) is 26.2 Å². The number of fused-ring (bicyclic) bond motifs is 3. The molecule has 3 fully saturated rings. The predicted octanol–water partition coefficient (Wildman–Crippen LogP) is 4.85. The minimum Gasteiger partial charge on any atom is -0.453 e. The molecule has 1 N–H and O–H groups in total. The van der Waals surface area contributed by atoms with Gasteiger partial charge in [-0.15, -0.1) is 0 Å². The summed E-state index contributed by atoms with van der Waals surface area (Å²) in [6.45, 7) is 3.94. The van der Waals surface area contributed by atoms with E-state index in [1.165, 1.54) is 6.07 Å². The number of piperidine rings is 3. The lowest BCUT2D eigenvalue weighted by Crippen LogP contribution is -2.65. The van der Waals surface area contributed by atoms with Crippen LogP contribution in [-0.4, -0.2) is 47.8 Å². The summed E-state index contributed by atoms with van der Waals surface area (Å²) in [4.78, 5) is 13.6. The number of ether oxygens (including phenoxy) is 1. The van der Waals surface area contributed by atoms with Crippen molar-refractivity contribution in [3.63, 3.8) is 0 Å². The van der Waals surface area contributed by atoms with Crippen LogP contribution in [0.4, 0.5) is 4.39 Å². The Morgan fingerprint density at radius 3 is 2.17 bits per heavy atom. The van der Waals surface area contributed by atoms with Crippen molar-refractivity contribution in [1.82, 2.24) is 0 Å². The second-order valence-electron chi connectivity index (χ2n) is 10.2.